The summed E-state index contributed by atoms with van der Waals surface area (Å²) in [6.07, 6.45) is 3.58. The van der Waals surface area contributed by atoms with Crippen molar-refractivity contribution in [3.8, 4) is 11.8 Å². The van der Waals surface area contributed by atoms with Crippen LogP contribution >= 0.6 is 0 Å². The molecule has 1 atom stereocenters. The summed E-state index contributed by atoms with van der Waals surface area (Å²) in [6, 6.07) is 9.31. The van der Waals surface area contributed by atoms with Crippen LogP contribution in [0.2, 0.25) is 0 Å². The molecule has 1 unspecified atom stereocenters. The number of nitrogens with one attached hydrogen (secondary N) is 1. The Labute approximate surface area is 112 Å². The van der Waals surface area contributed by atoms with Crippen molar-refractivity contribution in [3.05, 3.63) is 42.2 Å². The average Bonchev–Trinajstić information content (AvgIpc) is 2.93. The SMILES string of the molecule is CCn1cc(C(C#N)Nc2ccccc2OC)cn1. The number of nitrogens with zero attached hydrogens (tertiary/aromatic N) is 3. The topological polar surface area (TPSA) is 62.9 Å². The molecule has 0 saturated heterocycles. The van der Waals surface area contributed by atoms with Gasteiger partial charge >= 0.3 is 0 Å². The minimum absolute atomic E-state index is 0.448. The van der Waals surface area contributed by atoms with Gasteiger partial charge in [-0.2, -0.15) is 10.4 Å². The Kier molecular flexibility index (Phi) is 4.04. The zero-order chi connectivity index (χ0) is 13.7. The first kappa shape index (κ1) is 13.0. The quantitative estimate of drug-likeness (QED) is 0.893. The van der Waals surface area contributed by atoms with Crippen molar-refractivity contribution in [2.75, 3.05) is 12.4 Å². The summed E-state index contributed by atoms with van der Waals surface area (Å²) in [5.74, 6) is 0.714. The fraction of sp³-hybridized carbons (Fsp3) is 0.286. The van der Waals surface area contributed by atoms with Gasteiger partial charge in [-0.3, -0.25) is 4.68 Å². The molecule has 2 rings (SSSR count). The van der Waals surface area contributed by atoms with Crippen molar-refractivity contribution >= 4 is 5.69 Å². The van der Waals surface area contributed by atoms with Crippen molar-refractivity contribution in [2.45, 2.75) is 19.5 Å². The van der Waals surface area contributed by atoms with Crippen LogP contribution in [0.5, 0.6) is 5.75 Å². The molecule has 0 aliphatic heterocycles. The summed E-state index contributed by atoms with van der Waals surface area (Å²) < 4.78 is 7.06. The molecule has 0 bridgehead atoms. The molecule has 1 N–H and O–H groups in total. The molecule has 0 radical (unpaired) electrons. The smallest absolute Gasteiger partial charge is 0.143 e. The molecule has 1 aromatic carbocycles. The first-order valence-electron chi connectivity index (χ1n) is 6.10. The second kappa shape index (κ2) is 5.91. The van der Waals surface area contributed by atoms with Crippen LogP contribution < -0.4 is 10.1 Å². The van der Waals surface area contributed by atoms with Crippen LogP contribution in [0.1, 0.15) is 18.5 Å². The highest BCUT2D eigenvalue weighted by atomic mass is 16.5. The second-order valence-electron chi connectivity index (χ2n) is 4.04. The van der Waals surface area contributed by atoms with Gasteiger partial charge in [-0.15, -0.1) is 0 Å². The van der Waals surface area contributed by atoms with Gasteiger partial charge in [0.2, 0.25) is 0 Å². The van der Waals surface area contributed by atoms with Gasteiger partial charge in [0, 0.05) is 18.3 Å². The monoisotopic (exact) mass is 256 g/mol. The largest absolute Gasteiger partial charge is 0.495 e. The lowest BCUT2D eigenvalue weighted by molar-refractivity contribution is 0.416. The van der Waals surface area contributed by atoms with E-state index < -0.39 is 6.04 Å². The van der Waals surface area contributed by atoms with Crippen LogP contribution in [0.25, 0.3) is 0 Å². The third-order valence-corrected chi connectivity index (χ3v) is 2.85. The first-order valence-corrected chi connectivity index (χ1v) is 6.10. The normalized spacial score (nSPS) is 11.6. The van der Waals surface area contributed by atoms with Crippen molar-refractivity contribution < 1.29 is 4.74 Å². The number of nitriles is 1. The van der Waals surface area contributed by atoms with Gasteiger partial charge < -0.3 is 10.1 Å². The molecule has 0 saturated carbocycles. The third kappa shape index (κ3) is 2.86. The first-order chi connectivity index (χ1) is 9.28. The van der Waals surface area contributed by atoms with Crippen LogP contribution in [0.3, 0.4) is 0 Å². The van der Waals surface area contributed by atoms with Crippen molar-refractivity contribution in [2.24, 2.45) is 0 Å². The minimum Gasteiger partial charge on any atom is -0.495 e. The summed E-state index contributed by atoms with van der Waals surface area (Å²) in [6.45, 7) is 2.79. The Morgan fingerprint density at radius 2 is 2.26 bits per heavy atom. The predicted octanol–water partition coefficient (Wildman–Crippen LogP) is 2.59. The number of aryl methyl sites for hydroxylation is 1. The van der Waals surface area contributed by atoms with Crippen LogP contribution in [-0.4, -0.2) is 16.9 Å². The third-order valence-electron chi connectivity index (χ3n) is 2.85. The molecule has 0 amide bonds. The minimum atomic E-state index is -0.448. The molecule has 5 heteroatoms. The molecule has 0 fully saturated rings. The number of ether oxygens (including phenoxy) is 1. The van der Waals surface area contributed by atoms with Gasteiger partial charge in [0.05, 0.1) is 25.1 Å². The van der Waals surface area contributed by atoms with E-state index in [1.54, 1.807) is 18.0 Å². The van der Waals surface area contributed by atoms with E-state index in [2.05, 4.69) is 16.5 Å². The fourth-order valence-corrected chi connectivity index (χ4v) is 1.81. The lowest BCUT2D eigenvalue weighted by Crippen LogP contribution is -2.08. The molecular weight excluding hydrogens is 240 g/mol. The number of para-hydroxylation sites is 2. The molecule has 0 aliphatic carbocycles. The molecule has 1 heterocycles. The lowest BCUT2D eigenvalue weighted by atomic mass is 10.1. The second-order valence-corrected chi connectivity index (χ2v) is 4.04. The number of aromatic nitrogens is 2. The summed E-state index contributed by atoms with van der Waals surface area (Å²) >= 11 is 0. The maximum absolute atomic E-state index is 9.30. The van der Waals surface area contributed by atoms with E-state index in [-0.39, 0.29) is 0 Å². The Balaban J connectivity index is 2.22. The maximum atomic E-state index is 9.30. The van der Waals surface area contributed by atoms with E-state index in [1.165, 1.54) is 0 Å². The van der Waals surface area contributed by atoms with E-state index in [4.69, 9.17) is 4.74 Å². The molecule has 0 spiro atoms. The number of rotatable bonds is 5. The Bertz CT molecular complexity index is 585. The van der Waals surface area contributed by atoms with Crippen LogP contribution in [0.4, 0.5) is 5.69 Å². The predicted molar refractivity (Wildman–Crippen MR) is 72.9 cm³/mol. The highest BCUT2D eigenvalue weighted by molar-refractivity contribution is 5.58. The molecule has 5 nitrogen and oxygen atoms in total. The van der Waals surface area contributed by atoms with Crippen molar-refractivity contribution in [1.82, 2.24) is 9.78 Å². The summed E-state index contributed by atoms with van der Waals surface area (Å²) in [4.78, 5) is 0. The summed E-state index contributed by atoms with van der Waals surface area (Å²) in [5.41, 5.74) is 1.64. The molecule has 19 heavy (non-hydrogen) atoms. The molecular formula is C14H16N4O. The van der Waals surface area contributed by atoms with Crippen molar-refractivity contribution in [3.63, 3.8) is 0 Å². The Hall–Kier alpha value is -2.48. The van der Waals surface area contributed by atoms with Crippen LogP contribution in [0.15, 0.2) is 36.7 Å². The van der Waals surface area contributed by atoms with E-state index in [9.17, 15) is 5.26 Å². The van der Waals surface area contributed by atoms with E-state index in [0.717, 1.165) is 17.8 Å². The summed E-state index contributed by atoms with van der Waals surface area (Å²) in [7, 11) is 1.61. The molecule has 1 aromatic heterocycles. The fourth-order valence-electron chi connectivity index (χ4n) is 1.81. The number of anilines is 1. The highest BCUT2D eigenvalue weighted by Gasteiger charge is 2.14. The van der Waals surface area contributed by atoms with Gasteiger partial charge in [-0.25, -0.2) is 0 Å². The van der Waals surface area contributed by atoms with Crippen molar-refractivity contribution in [1.29, 1.82) is 5.26 Å². The van der Waals surface area contributed by atoms with Gasteiger partial charge in [-0.1, -0.05) is 12.1 Å². The lowest BCUT2D eigenvalue weighted by Gasteiger charge is -2.14. The average molecular weight is 256 g/mol. The van der Waals surface area contributed by atoms with Crippen LogP contribution in [-0.2, 0) is 6.54 Å². The number of benzene rings is 1. The summed E-state index contributed by atoms with van der Waals surface area (Å²) in [5, 5.41) is 16.6. The Morgan fingerprint density at radius 1 is 1.47 bits per heavy atom. The van der Waals surface area contributed by atoms with E-state index in [1.807, 2.05) is 37.4 Å². The number of hydrogen-bond donors (Lipinski definition) is 1. The zero-order valence-electron chi connectivity index (χ0n) is 11.0. The standard InChI is InChI=1S/C14H16N4O/c1-3-18-10-11(9-16-18)13(8-15)17-12-6-4-5-7-14(12)19-2/h4-7,9-10,13,17H,3H2,1-2H3. The van der Waals surface area contributed by atoms with E-state index in [0.29, 0.717) is 5.75 Å². The highest BCUT2D eigenvalue weighted by Crippen LogP contribution is 2.27. The Morgan fingerprint density at radius 3 is 2.89 bits per heavy atom. The van der Waals surface area contributed by atoms with Gasteiger partial charge in [0.15, 0.2) is 0 Å². The number of methoxy groups -OCH3 is 1. The van der Waals surface area contributed by atoms with E-state index >= 15 is 0 Å². The van der Waals surface area contributed by atoms with Gasteiger partial charge in [0.25, 0.3) is 0 Å². The van der Waals surface area contributed by atoms with Gasteiger partial charge in [-0.05, 0) is 19.1 Å². The van der Waals surface area contributed by atoms with Gasteiger partial charge in [0.1, 0.15) is 11.8 Å². The molecule has 98 valence electrons. The van der Waals surface area contributed by atoms with Crippen LogP contribution in [0, 0.1) is 11.3 Å². The zero-order valence-corrected chi connectivity index (χ0v) is 11.0. The number of hydrogen-bond acceptors (Lipinski definition) is 4. The molecule has 0 aliphatic rings. The molecule has 2 aromatic rings. The maximum Gasteiger partial charge on any atom is 0.143 e.